The smallest absolute Gasteiger partial charge is 0.319 e. The number of rotatable bonds is 5. The first-order chi connectivity index (χ1) is 10.1. The van der Waals surface area contributed by atoms with Crippen LogP contribution in [0.1, 0.15) is 11.7 Å². The summed E-state index contributed by atoms with van der Waals surface area (Å²) >= 11 is 1.51. The zero-order chi connectivity index (χ0) is 15.2. The molecule has 2 aromatic heterocycles. The van der Waals surface area contributed by atoms with Crippen LogP contribution < -0.4 is 15.5 Å². The van der Waals surface area contributed by atoms with Gasteiger partial charge in [-0.2, -0.15) is 11.3 Å². The van der Waals surface area contributed by atoms with Gasteiger partial charge in [-0.3, -0.25) is 0 Å². The Hall–Kier alpha value is -2.12. The van der Waals surface area contributed by atoms with Crippen LogP contribution in [0.2, 0.25) is 0 Å². The Kier molecular flexibility index (Phi) is 5.13. The third kappa shape index (κ3) is 4.44. The molecule has 0 saturated carbocycles. The van der Waals surface area contributed by atoms with Crippen LogP contribution in [0.5, 0.6) is 0 Å². The van der Waals surface area contributed by atoms with Crippen molar-refractivity contribution in [3.63, 3.8) is 0 Å². The van der Waals surface area contributed by atoms with Crippen molar-refractivity contribution < 1.29 is 9.90 Å². The van der Waals surface area contributed by atoms with Crippen molar-refractivity contribution >= 4 is 28.9 Å². The summed E-state index contributed by atoms with van der Waals surface area (Å²) in [6.45, 7) is 0.159. The Morgan fingerprint density at radius 1 is 1.43 bits per heavy atom. The molecule has 6 nitrogen and oxygen atoms in total. The summed E-state index contributed by atoms with van der Waals surface area (Å²) in [5.74, 6) is 0.814. The predicted octanol–water partition coefficient (Wildman–Crippen LogP) is 2.06. The van der Waals surface area contributed by atoms with E-state index in [0.717, 1.165) is 11.4 Å². The maximum Gasteiger partial charge on any atom is 0.319 e. The van der Waals surface area contributed by atoms with Gasteiger partial charge in [0, 0.05) is 20.6 Å². The standard InChI is InChI=1S/C14H18N4O2S/c1-18(2)13-4-3-11(7-15-13)17-14(20)16-8-12(19)10-5-6-21-9-10/h3-7,9,12,19H,8H2,1-2H3,(H2,16,17,20). The van der Waals surface area contributed by atoms with E-state index in [2.05, 4.69) is 15.6 Å². The molecule has 2 aromatic rings. The van der Waals surface area contributed by atoms with Gasteiger partial charge in [-0.1, -0.05) is 0 Å². The number of carbonyl (C=O) groups is 1. The van der Waals surface area contributed by atoms with Crippen LogP contribution >= 0.6 is 11.3 Å². The summed E-state index contributed by atoms with van der Waals surface area (Å²) in [6, 6.07) is 5.05. The lowest BCUT2D eigenvalue weighted by molar-refractivity contribution is 0.175. The molecule has 2 rings (SSSR count). The minimum Gasteiger partial charge on any atom is -0.387 e. The zero-order valence-corrected chi connectivity index (χ0v) is 12.7. The third-order valence-electron chi connectivity index (χ3n) is 2.85. The molecule has 0 saturated heterocycles. The van der Waals surface area contributed by atoms with Gasteiger partial charge in [0.25, 0.3) is 0 Å². The molecule has 0 aliphatic rings. The van der Waals surface area contributed by atoms with E-state index in [1.165, 1.54) is 11.3 Å². The van der Waals surface area contributed by atoms with Crippen LogP contribution in [0, 0.1) is 0 Å². The van der Waals surface area contributed by atoms with E-state index in [1.807, 2.05) is 41.9 Å². The zero-order valence-electron chi connectivity index (χ0n) is 11.9. The first-order valence-electron chi connectivity index (χ1n) is 6.44. The maximum absolute atomic E-state index is 11.7. The fraction of sp³-hybridized carbons (Fsp3) is 0.286. The molecular weight excluding hydrogens is 288 g/mol. The minimum absolute atomic E-state index is 0.159. The van der Waals surface area contributed by atoms with Crippen molar-refractivity contribution in [3.8, 4) is 0 Å². The van der Waals surface area contributed by atoms with E-state index in [9.17, 15) is 9.90 Å². The largest absolute Gasteiger partial charge is 0.387 e. The number of nitrogens with one attached hydrogen (secondary N) is 2. The minimum atomic E-state index is -0.698. The summed E-state index contributed by atoms with van der Waals surface area (Å²) in [5.41, 5.74) is 1.40. The molecule has 0 spiro atoms. The molecule has 0 bridgehead atoms. The van der Waals surface area contributed by atoms with Crippen LogP contribution in [0.3, 0.4) is 0 Å². The van der Waals surface area contributed by atoms with Crippen molar-refractivity contribution in [2.24, 2.45) is 0 Å². The number of nitrogens with zero attached hydrogens (tertiary/aromatic N) is 2. The molecule has 0 aliphatic heterocycles. The summed E-state index contributed by atoms with van der Waals surface area (Å²) in [6.07, 6.45) is 0.890. The van der Waals surface area contributed by atoms with Gasteiger partial charge in [-0.05, 0) is 34.5 Å². The van der Waals surface area contributed by atoms with E-state index in [-0.39, 0.29) is 12.6 Å². The molecule has 2 heterocycles. The third-order valence-corrected chi connectivity index (χ3v) is 3.55. The average molecular weight is 306 g/mol. The number of carbonyl (C=O) groups excluding carboxylic acids is 1. The van der Waals surface area contributed by atoms with Gasteiger partial charge in [0.05, 0.1) is 18.0 Å². The Morgan fingerprint density at radius 3 is 2.81 bits per heavy atom. The van der Waals surface area contributed by atoms with Crippen LogP contribution in [0.15, 0.2) is 35.2 Å². The second-order valence-corrected chi connectivity index (χ2v) is 5.49. The van der Waals surface area contributed by atoms with Gasteiger partial charge < -0.3 is 20.6 Å². The summed E-state index contributed by atoms with van der Waals surface area (Å²) < 4.78 is 0. The fourth-order valence-electron chi connectivity index (χ4n) is 1.67. The van der Waals surface area contributed by atoms with Crippen LogP contribution in [0.25, 0.3) is 0 Å². The highest BCUT2D eigenvalue weighted by Crippen LogP contribution is 2.15. The van der Waals surface area contributed by atoms with E-state index in [0.29, 0.717) is 5.69 Å². The molecule has 21 heavy (non-hydrogen) atoms. The number of aliphatic hydroxyl groups is 1. The van der Waals surface area contributed by atoms with E-state index in [1.54, 1.807) is 12.3 Å². The second-order valence-electron chi connectivity index (χ2n) is 4.71. The SMILES string of the molecule is CN(C)c1ccc(NC(=O)NCC(O)c2ccsc2)cn1. The molecule has 1 atom stereocenters. The lowest BCUT2D eigenvalue weighted by Crippen LogP contribution is -2.32. The van der Waals surface area contributed by atoms with Gasteiger partial charge in [0.2, 0.25) is 0 Å². The van der Waals surface area contributed by atoms with Gasteiger partial charge >= 0.3 is 6.03 Å². The number of pyridine rings is 1. The number of hydrogen-bond acceptors (Lipinski definition) is 5. The van der Waals surface area contributed by atoms with Crippen molar-refractivity contribution in [2.45, 2.75) is 6.10 Å². The number of amides is 2. The normalized spacial score (nSPS) is 11.8. The molecule has 0 radical (unpaired) electrons. The van der Waals surface area contributed by atoms with Crippen molar-refractivity contribution in [2.75, 3.05) is 30.9 Å². The van der Waals surface area contributed by atoms with Crippen molar-refractivity contribution in [3.05, 3.63) is 40.7 Å². The lowest BCUT2D eigenvalue weighted by atomic mass is 10.2. The van der Waals surface area contributed by atoms with E-state index < -0.39 is 6.10 Å². The molecule has 3 N–H and O–H groups in total. The van der Waals surface area contributed by atoms with Gasteiger partial charge in [0.1, 0.15) is 5.82 Å². The maximum atomic E-state index is 11.7. The molecule has 7 heteroatoms. The number of aliphatic hydroxyl groups excluding tert-OH is 1. The molecular formula is C14H18N4O2S. The highest BCUT2D eigenvalue weighted by atomic mass is 32.1. The predicted molar refractivity (Wildman–Crippen MR) is 84.9 cm³/mol. The summed E-state index contributed by atoms with van der Waals surface area (Å²) in [7, 11) is 3.79. The van der Waals surface area contributed by atoms with Crippen LogP contribution in [-0.4, -0.2) is 36.8 Å². The number of hydrogen-bond donors (Lipinski definition) is 3. The molecule has 112 valence electrons. The number of urea groups is 1. The van der Waals surface area contributed by atoms with Crippen molar-refractivity contribution in [1.29, 1.82) is 0 Å². The topological polar surface area (TPSA) is 77.5 Å². The fourth-order valence-corrected chi connectivity index (χ4v) is 2.38. The second kappa shape index (κ2) is 7.05. The summed E-state index contributed by atoms with van der Waals surface area (Å²) in [4.78, 5) is 17.8. The van der Waals surface area contributed by atoms with Crippen LogP contribution in [-0.2, 0) is 0 Å². The van der Waals surface area contributed by atoms with E-state index in [4.69, 9.17) is 0 Å². The Balaban J connectivity index is 1.81. The van der Waals surface area contributed by atoms with E-state index >= 15 is 0 Å². The van der Waals surface area contributed by atoms with Gasteiger partial charge in [0.15, 0.2) is 0 Å². The highest BCUT2D eigenvalue weighted by molar-refractivity contribution is 7.07. The number of thiophene rings is 1. The highest BCUT2D eigenvalue weighted by Gasteiger charge is 2.10. The monoisotopic (exact) mass is 306 g/mol. The average Bonchev–Trinajstić information content (AvgIpc) is 2.99. The van der Waals surface area contributed by atoms with Gasteiger partial charge in [-0.25, -0.2) is 9.78 Å². The molecule has 0 fully saturated rings. The molecule has 0 aromatic carbocycles. The Bertz CT molecular complexity index is 569. The first-order valence-corrected chi connectivity index (χ1v) is 7.39. The molecule has 0 aliphatic carbocycles. The quantitative estimate of drug-likeness (QED) is 0.790. The van der Waals surface area contributed by atoms with Crippen LogP contribution in [0.4, 0.5) is 16.3 Å². The Labute approximate surface area is 127 Å². The molecule has 1 unspecified atom stereocenters. The van der Waals surface area contributed by atoms with Crippen molar-refractivity contribution in [1.82, 2.24) is 10.3 Å². The number of anilines is 2. The molecule has 2 amide bonds. The van der Waals surface area contributed by atoms with Gasteiger partial charge in [-0.15, -0.1) is 0 Å². The lowest BCUT2D eigenvalue weighted by Gasteiger charge is -2.13. The summed E-state index contributed by atoms with van der Waals surface area (Å²) in [5, 5.41) is 18.9. The number of aromatic nitrogens is 1. The Morgan fingerprint density at radius 2 is 2.24 bits per heavy atom. The first kappa shape index (κ1) is 15.3.